The van der Waals surface area contributed by atoms with E-state index in [-0.39, 0.29) is 0 Å². The zero-order valence-electron chi connectivity index (χ0n) is 11.9. The van der Waals surface area contributed by atoms with Crippen LogP contribution >= 0.6 is 11.3 Å². The average Bonchev–Trinajstić information content (AvgIpc) is 2.75. The monoisotopic (exact) mass is 276 g/mol. The maximum absolute atomic E-state index is 4.53. The molecule has 0 aliphatic carbocycles. The van der Waals surface area contributed by atoms with Crippen molar-refractivity contribution in [1.82, 2.24) is 15.2 Å². The summed E-state index contributed by atoms with van der Waals surface area (Å²) in [5.41, 5.74) is 3.38. The second kappa shape index (κ2) is 6.10. The van der Waals surface area contributed by atoms with Gasteiger partial charge in [0.2, 0.25) is 5.95 Å². The minimum atomic E-state index is 0.623. The fourth-order valence-corrected chi connectivity index (χ4v) is 2.91. The fraction of sp³-hybridized carbons (Fsp3) is 0.500. The molecular weight excluding hydrogens is 256 g/mol. The minimum absolute atomic E-state index is 0.623. The Labute approximate surface area is 118 Å². The normalized spacial score (nSPS) is 10.7. The van der Waals surface area contributed by atoms with E-state index in [0.29, 0.717) is 5.95 Å². The lowest BCUT2D eigenvalue weighted by Crippen LogP contribution is -2.08. The van der Waals surface area contributed by atoms with Crippen molar-refractivity contribution < 1.29 is 0 Å². The lowest BCUT2D eigenvalue weighted by atomic mass is 10.2. The Morgan fingerprint density at radius 1 is 1.11 bits per heavy atom. The number of rotatable bonds is 5. The molecule has 5 heteroatoms. The summed E-state index contributed by atoms with van der Waals surface area (Å²) in [6.07, 6.45) is 1.78. The van der Waals surface area contributed by atoms with Crippen LogP contribution in [-0.2, 0) is 19.4 Å². The van der Waals surface area contributed by atoms with Gasteiger partial charge in [0.25, 0.3) is 0 Å². The van der Waals surface area contributed by atoms with Gasteiger partial charge in [-0.2, -0.15) is 5.10 Å². The number of aryl methyl sites for hydroxylation is 4. The highest BCUT2D eigenvalue weighted by Crippen LogP contribution is 2.21. The van der Waals surface area contributed by atoms with Crippen LogP contribution in [0.15, 0.2) is 6.07 Å². The second-order valence-corrected chi connectivity index (χ2v) is 5.88. The van der Waals surface area contributed by atoms with Crippen molar-refractivity contribution in [2.75, 3.05) is 5.32 Å². The highest BCUT2D eigenvalue weighted by Gasteiger charge is 2.07. The molecule has 2 aromatic rings. The van der Waals surface area contributed by atoms with E-state index in [2.05, 4.69) is 54.3 Å². The molecule has 0 bridgehead atoms. The molecule has 102 valence electrons. The van der Waals surface area contributed by atoms with E-state index in [9.17, 15) is 0 Å². The first-order valence-corrected chi connectivity index (χ1v) is 7.47. The number of nitrogens with zero attached hydrogens (tertiary/aromatic N) is 3. The molecule has 4 nitrogen and oxygen atoms in total. The molecular formula is C14H20N4S. The van der Waals surface area contributed by atoms with E-state index in [1.54, 1.807) is 0 Å². The zero-order chi connectivity index (χ0) is 13.8. The van der Waals surface area contributed by atoms with Crippen molar-refractivity contribution in [1.29, 1.82) is 0 Å². The molecule has 0 radical (unpaired) electrons. The summed E-state index contributed by atoms with van der Waals surface area (Å²) in [7, 11) is 0. The van der Waals surface area contributed by atoms with Crippen molar-refractivity contribution in [3.63, 3.8) is 0 Å². The summed E-state index contributed by atoms with van der Waals surface area (Å²) in [6.45, 7) is 9.22. The van der Waals surface area contributed by atoms with Gasteiger partial charge in [0.05, 0.1) is 17.9 Å². The van der Waals surface area contributed by atoms with Gasteiger partial charge in [-0.3, -0.25) is 0 Å². The SMILES string of the molecule is CCc1nnc(NCc2cc(C)c(C)s2)nc1CC. The quantitative estimate of drug-likeness (QED) is 0.910. The minimum Gasteiger partial charge on any atom is -0.348 e. The highest BCUT2D eigenvalue weighted by atomic mass is 32.1. The van der Waals surface area contributed by atoms with E-state index in [1.165, 1.54) is 15.3 Å². The lowest BCUT2D eigenvalue weighted by molar-refractivity contribution is 0.820. The summed E-state index contributed by atoms with van der Waals surface area (Å²) in [4.78, 5) is 7.20. The summed E-state index contributed by atoms with van der Waals surface area (Å²) >= 11 is 1.81. The maximum Gasteiger partial charge on any atom is 0.243 e. The van der Waals surface area contributed by atoms with Gasteiger partial charge in [-0.1, -0.05) is 13.8 Å². The van der Waals surface area contributed by atoms with Gasteiger partial charge < -0.3 is 5.32 Å². The Hall–Kier alpha value is -1.49. The first kappa shape index (κ1) is 13.9. The molecule has 0 aromatic carbocycles. The van der Waals surface area contributed by atoms with E-state index in [0.717, 1.165) is 30.8 Å². The Bertz CT molecular complexity index is 543. The number of hydrogen-bond donors (Lipinski definition) is 1. The fourth-order valence-electron chi connectivity index (χ4n) is 1.92. The molecule has 1 N–H and O–H groups in total. The lowest BCUT2D eigenvalue weighted by Gasteiger charge is -2.06. The first-order valence-electron chi connectivity index (χ1n) is 6.66. The third kappa shape index (κ3) is 3.29. The van der Waals surface area contributed by atoms with Crippen LogP contribution in [-0.4, -0.2) is 15.2 Å². The topological polar surface area (TPSA) is 50.7 Å². The largest absolute Gasteiger partial charge is 0.348 e. The molecule has 0 amide bonds. The summed E-state index contributed by atoms with van der Waals surface area (Å²) < 4.78 is 0. The predicted molar refractivity (Wildman–Crippen MR) is 79.7 cm³/mol. The van der Waals surface area contributed by atoms with Crippen LogP contribution in [0.25, 0.3) is 0 Å². The van der Waals surface area contributed by atoms with Crippen LogP contribution in [0.3, 0.4) is 0 Å². The summed E-state index contributed by atoms with van der Waals surface area (Å²) in [5.74, 6) is 0.623. The molecule has 2 aromatic heterocycles. The summed E-state index contributed by atoms with van der Waals surface area (Å²) in [5, 5.41) is 11.6. The number of hydrogen-bond acceptors (Lipinski definition) is 5. The van der Waals surface area contributed by atoms with Crippen LogP contribution in [0.2, 0.25) is 0 Å². The van der Waals surface area contributed by atoms with Crippen LogP contribution < -0.4 is 5.32 Å². The van der Waals surface area contributed by atoms with Crippen LogP contribution in [0.5, 0.6) is 0 Å². The van der Waals surface area contributed by atoms with Gasteiger partial charge in [-0.15, -0.1) is 16.4 Å². The smallest absolute Gasteiger partial charge is 0.243 e. The Balaban J connectivity index is 2.07. The molecule has 0 fully saturated rings. The zero-order valence-corrected chi connectivity index (χ0v) is 12.8. The molecule has 0 aliphatic rings. The molecule has 0 spiro atoms. The number of aromatic nitrogens is 3. The molecule has 0 saturated heterocycles. The van der Waals surface area contributed by atoms with E-state index >= 15 is 0 Å². The van der Waals surface area contributed by atoms with Crippen LogP contribution in [0.1, 0.15) is 40.6 Å². The van der Waals surface area contributed by atoms with E-state index in [1.807, 2.05) is 11.3 Å². The third-order valence-electron chi connectivity index (χ3n) is 3.15. The van der Waals surface area contributed by atoms with Crippen LogP contribution in [0.4, 0.5) is 5.95 Å². The van der Waals surface area contributed by atoms with Crippen LogP contribution in [0, 0.1) is 13.8 Å². The Kier molecular flexibility index (Phi) is 4.47. The van der Waals surface area contributed by atoms with Crippen molar-refractivity contribution in [2.24, 2.45) is 0 Å². The van der Waals surface area contributed by atoms with Gasteiger partial charge in [0, 0.05) is 9.75 Å². The van der Waals surface area contributed by atoms with Crippen molar-refractivity contribution in [3.05, 3.63) is 32.8 Å². The molecule has 2 rings (SSSR count). The van der Waals surface area contributed by atoms with Gasteiger partial charge in [0.1, 0.15) is 0 Å². The predicted octanol–water partition coefficient (Wildman–Crippen LogP) is 3.29. The Morgan fingerprint density at radius 2 is 1.84 bits per heavy atom. The average molecular weight is 276 g/mol. The molecule has 2 heterocycles. The summed E-state index contributed by atoms with van der Waals surface area (Å²) in [6, 6.07) is 2.21. The third-order valence-corrected chi connectivity index (χ3v) is 4.30. The molecule has 0 unspecified atom stereocenters. The highest BCUT2D eigenvalue weighted by molar-refractivity contribution is 7.12. The maximum atomic E-state index is 4.53. The van der Waals surface area contributed by atoms with Crippen molar-refractivity contribution in [2.45, 2.75) is 47.1 Å². The van der Waals surface area contributed by atoms with Crippen molar-refractivity contribution >= 4 is 17.3 Å². The second-order valence-electron chi connectivity index (χ2n) is 4.54. The molecule has 0 saturated carbocycles. The van der Waals surface area contributed by atoms with Crippen molar-refractivity contribution in [3.8, 4) is 0 Å². The van der Waals surface area contributed by atoms with Gasteiger partial charge in [0.15, 0.2) is 0 Å². The molecule has 0 atom stereocenters. The number of thiophene rings is 1. The first-order chi connectivity index (χ1) is 9.13. The van der Waals surface area contributed by atoms with Gasteiger partial charge in [-0.05, 0) is 38.3 Å². The van der Waals surface area contributed by atoms with E-state index in [4.69, 9.17) is 0 Å². The number of nitrogens with one attached hydrogen (secondary N) is 1. The van der Waals surface area contributed by atoms with E-state index < -0.39 is 0 Å². The molecule has 19 heavy (non-hydrogen) atoms. The molecule has 0 aliphatic heterocycles. The Morgan fingerprint density at radius 3 is 2.42 bits per heavy atom. The van der Waals surface area contributed by atoms with Gasteiger partial charge >= 0.3 is 0 Å². The standard InChI is InChI=1S/C14H20N4S/c1-5-12-13(6-2)17-18-14(16-12)15-8-11-7-9(3)10(4)19-11/h7H,5-6,8H2,1-4H3,(H,15,16,18). The number of anilines is 1. The van der Waals surface area contributed by atoms with Gasteiger partial charge in [-0.25, -0.2) is 4.98 Å².